The van der Waals surface area contributed by atoms with E-state index < -0.39 is 0 Å². The van der Waals surface area contributed by atoms with Crippen molar-refractivity contribution >= 4 is 17.2 Å². The van der Waals surface area contributed by atoms with E-state index in [-0.39, 0.29) is 5.91 Å². The largest absolute Gasteiger partial charge is 0.370 e. The zero-order valence-electron chi connectivity index (χ0n) is 17.6. The molecule has 1 aromatic heterocycles. The number of anilines is 1. The average Bonchev–Trinajstić information content (AvgIpc) is 3.20. The Hall–Kier alpha value is -3.27. The predicted molar refractivity (Wildman–Crippen MR) is 124 cm³/mol. The minimum atomic E-state index is -0.0985. The Balaban J connectivity index is 1.76. The Bertz CT molecular complexity index is 1030. The molecule has 1 fully saturated rings. The minimum Gasteiger partial charge on any atom is -0.370 e. The van der Waals surface area contributed by atoms with Crippen LogP contribution in [0.1, 0.15) is 47.2 Å². The Kier molecular flexibility index (Phi) is 6.03. The van der Waals surface area contributed by atoms with Gasteiger partial charge >= 0.3 is 0 Å². The lowest BCUT2D eigenvalue weighted by Crippen LogP contribution is -2.25. The van der Waals surface area contributed by atoms with Gasteiger partial charge in [0, 0.05) is 38.1 Å². The zero-order valence-corrected chi connectivity index (χ0v) is 17.6. The third-order valence-corrected chi connectivity index (χ3v) is 5.88. The molecular formula is C26H29N3O. The molecule has 4 nitrogen and oxygen atoms in total. The number of hydrogen-bond donors (Lipinski definition) is 1. The van der Waals surface area contributed by atoms with Crippen LogP contribution in [0.5, 0.6) is 0 Å². The number of rotatable bonds is 5. The van der Waals surface area contributed by atoms with E-state index >= 15 is 0 Å². The molecule has 0 aliphatic carbocycles. The first-order valence-corrected chi connectivity index (χ1v) is 10.7. The van der Waals surface area contributed by atoms with Crippen molar-refractivity contribution in [2.24, 2.45) is 0 Å². The third kappa shape index (κ3) is 4.04. The van der Waals surface area contributed by atoms with Crippen LogP contribution in [0.15, 0.2) is 73.6 Å². The normalized spacial score (nSPS) is 14.2. The molecule has 3 aromatic rings. The van der Waals surface area contributed by atoms with Gasteiger partial charge in [-0.2, -0.15) is 0 Å². The standard InChI is InChI=1S/C26H29N3O/c1-20(22-11-5-6-12-23(22)26(30)27-2)21-13-14-24(28-15-7-3-4-8-16-28)25(19-21)29-17-9-10-18-29/h5-6,9-14,17-19H,1,3-4,7-8,15-16H2,2H3,(H,27,30). The fourth-order valence-corrected chi connectivity index (χ4v) is 4.23. The van der Waals surface area contributed by atoms with Gasteiger partial charge in [-0.3, -0.25) is 4.79 Å². The topological polar surface area (TPSA) is 37.3 Å². The second kappa shape index (κ2) is 9.04. The quantitative estimate of drug-likeness (QED) is 0.634. The molecule has 4 rings (SSSR count). The molecule has 1 amide bonds. The van der Waals surface area contributed by atoms with Crippen molar-refractivity contribution in [1.29, 1.82) is 0 Å². The van der Waals surface area contributed by atoms with Crippen molar-refractivity contribution in [1.82, 2.24) is 9.88 Å². The zero-order chi connectivity index (χ0) is 20.9. The summed E-state index contributed by atoms with van der Waals surface area (Å²) in [7, 11) is 1.65. The number of carbonyl (C=O) groups excluding carboxylic acids is 1. The third-order valence-electron chi connectivity index (χ3n) is 5.88. The summed E-state index contributed by atoms with van der Waals surface area (Å²) in [5.74, 6) is -0.0985. The van der Waals surface area contributed by atoms with Gasteiger partial charge in [-0.25, -0.2) is 0 Å². The van der Waals surface area contributed by atoms with Gasteiger partial charge in [-0.15, -0.1) is 0 Å². The second-order valence-corrected chi connectivity index (χ2v) is 7.80. The SMILES string of the molecule is C=C(c1ccc(N2CCCCCC2)c(-n2cccc2)c1)c1ccccc1C(=O)NC. The number of benzene rings is 2. The van der Waals surface area contributed by atoms with E-state index in [4.69, 9.17) is 0 Å². The Morgan fingerprint density at radius 3 is 2.20 bits per heavy atom. The number of carbonyl (C=O) groups is 1. The molecule has 1 saturated heterocycles. The molecule has 0 radical (unpaired) electrons. The number of aromatic nitrogens is 1. The molecule has 1 aliphatic rings. The van der Waals surface area contributed by atoms with E-state index in [9.17, 15) is 4.79 Å². The van der Waals surface area contributed by atoms with Gasteiger partial charge in [0.15, 0.2) is 0 Å². The van der Waals surface area contributed by atoms with Gasteiger partial charge < -0.3 is 14.8 Å². The Morgan fingerprint density at radius 1 is 0.867 bits per heavy atom. The molecule has 154 valence electrons. The highest BCUT2D eigenvalue weighted by molar-refractivity contribution is 6.00. The van der Waals surface area contributed by atoms with Crippen molar-refractivity contribution < 1.29 is 4.79 Å². The lowest BCUT2D eigenvalue weighted by molar-refractivity contribution is 0.0963. The van der Waals surface area contributed by atoms with Gasteiger partial charge in [0.05, 0.1) is 11.4 Å². The smallest absolute Gasteiger partial charge is 0.251 e. The summed E-state index contributed by atoms with van der Waals surface area (Å²) in [5.41, 5.74) is 5.78. The first-order valence-electron chi connectivity index (χ1n) is 10.7. The summed E-state index contributed by atoms with van der Waals surface area (Å²) >= 11 is 0. The average molecular weight is 400 g/mol. The number of nitrogens with one attached hydrogen (secondary N) is 1. The summed E-state index contributed by atoms with van der Waals surface area (Å²) in [6.07, 6.45) is 9.25. The van der Waals surface area contributed by atoms with Crippen LogP contribution in [0, 0.1) is 0 Å². The maximum absolute atomic E-state index is 12.4. The lowest BCUT2D eigenvalue weighted by Gasteiger charge is -2.26. The number of hydrogen-bond acceptors (Lipinski definition) is 2. The van der Waals surface area contributed by atoms with Crippen LogP contribution >= 0.6 is 0 Å². The molecule has 0 bridgehead atoms. The maximum Gasteiger partial charge on any atom is 0.251 e. The van der Waals surface area contributed by atoms with Gasteiger partial charge in [0.25, 0.3) is 5.91 Å². The van der Waals surface area contributed by atoms with Gasteiger partial charge in [0.1, 0.15) is 0 Å². The minimum absolute atomic E-state index is 0.0985. The van der Waals surface area contributed by atoms with Crippen LogP contribution in [-0.4, -0.2) is 30.6 Å². The van der Waals surface area contributed by atoms with Crippen molar-refractivity contribution in [2.45, 2.75) is 25.7 Å². The monoisotopic (exact) mass is 399 g/mol. The summed E-state index contributed by atoms with van der Waals surface area (Å²) in [5, 5.41) is 2.73. The fourth-order valence-electron chi connectivity index (χ4n) is 4.23. The van der Waals surface area contributed by atoms with Crippen LogP contribution in [0.2, 0.25) is 0 Å². The van der Waals surface area contributed by atoms with Crippen molar-refractivity contribution in [3.63, 3.8) is 0 Å². The molecule has 4 heteroatoms. The van der Waals surface area contributed by atoms with Crippen LogP contribution < -0.4 is 10.2 Å². The predicted octanol–water partition coefficient (Wildman–Crippen LogP) is 5.28. The molecule has 0 unspecified atom stereocenters. The van der Waals surface area contributed by atoms with Crippen LogP contribution in [-0.2, 0) is 0 Å². The first kappa shape index (κ1) is 20.0. The lowest BCUT2D eigenvalue weighted by atomic mass is 9.94. The van der Waals surface area contributed by atoms with Crippen molar-refractivity contribution in [3.8, 4) is 5.69 Å². The molecule has 2 aromatic carbocycles. The van der Waals surface area contributed by atoms with Gasteiger partial charge in [-0.1, -0.05) is 43.7 Å². The maximum atomic E-state index is 12.4. The summed E-state index contributed by atoms with van der Waals surface area (Å²) in [4.78, 5) is 14.9. The summed E-state index contributed by atoms with van der Waals surface area (Å²) in [6, 6.07) is 18.3. The van der Waals surface area contributed by atoms with E-state index in [1.54, 1.807) is 7.05 Å². The molecule has 30 heavy (non-hydrogen) atoms. The summed E-state index contributed by atoms with van der Waals surface area (Å²) in [6.45, 7) is 6.53. The molecule has 1 aliphatic heterocycles. The van der Waals surface area contributed by atoms with E-state index in [1.807, 2.05) is 24.3 Å². The molecule has 1 N–H and O–H groups in total. The van der Waals surface area contributed by atoms with E-state index in [0.717, 1.165) is 35.5 Å². The first-order chi connectivity index (χ1) is 14.7. The van der Waals surface area contributed by atoms with Gasteiger partial charge in [-0.05, 0) is 59.9 Å². The van der Waals surface area contributed by atoms with Crippen LogP contribution in [0.3, 0.4) is 0 Å². The fraction of sp³-hybridized carbons (Fsp3) is 0.269. The second-order valence-electron chi connectivity index (χ2n) is 7.80. The highest BCUT2D eigenvalue weighted by atomic mass is 16.1. The van der Waals surface area contributed by atoms with Gasteiger partial charge in [0.2, 0.25) is 0 Å². The van der Waals surface area contributed by atoms with E-state index in [1.165, 1.54) is 31.4 Å². The van der Waals surface area contributed by atoms with Crippen LogP contribution in [0.25, 0.3) is 11.3 Å². The molecular weight excluding hydrogens is 370 g/mol. The van der Waals surface area contributed by atoms with Crippen molar-refractivity contribution in [3.05, 3.63) is 90.3 Å². The van der Waals surface area contributed by atoms with Crippen molar-refractivity contribution in [2.75, 3.05) is 25.0 Å². The van der Waals surface area contributed by atoms with E-state index in [2.05, 4.69) is 64.1 Å². The number of nitrogens with zero attached hydrogens (tertiary/aromatic N) is 2. The highest BCUT2D eigenvalue weighted by Crippen LogP contribution is 2.33. The summed E-state index contributed by atoms with van der Waals surface area (Å²) < 4.78 is 2.17. The number of amides is 1. The Morgan fingerprint density at radius 2 is 1.53 bits per heavy atom. The van der Waals surface area contributed by atoms with Crippen LogP contribution in [0.4, 0.5) is 5.69 Å². The molecule has 0 atom stereocenters. The highest BCUT2D eigenvalue weighted by Gasteiger charge is 2.18. The Labute approximate surface area is 178 Å². The molecule has 2 heterocycles. The van der Waals surface area contributed by atoms with E-state index in [0.29, 0.717) is 5.56 Å². The molecule has 0 spiro atoms. The molecule has 0 saturated carbocycles.